The molecule has 12 heteroatoms. The first-order chi connectivity index (χ1) is 22.0. The number of anilines is 3. The van der Waals surface area contributed by atoms with Crippen molar-refractivity contribution in [3.05, 3.63) is 125 Å². The fourth-order valence-corrected chi connectivity index (χ4v) is 4.14. The van der Waals surface area contributed by atoms with E-state index in [0.717, 1.165) is 23.7 Å². The molecule has 0 saturated carbocycles. The maximum Gasteiger partial charge on any atom is 0.337 e. The monoisotopic (exact) mass is 624 g/mol. The topological polar surface area (TPSA) is 196 Å². The summed E-state index contributed by atoms with van der Waals surface area (Å²) >= 11 is 0. The lowest BCUT2D eigenvalue weighted by atomic mass is 10.0. The predicted molar refractivity (Wildman–Crippen MR) is 177 cm³/mol. The molecule has 238 valence electrons. The number of amides is 3. The smallest absolute Gasteiger partial charge is 0.337 e. The lowest BCUT2D eigenvalue weighted by Crippen LogP contribution is -2.23. The molecule has 1 atom stereocenters. The molecule has 0 aliphatic carbocycles. The SMILES string of the molecule is CC(=O)O.COC(=O)c1ccc(CNC(=O)c2ccc(C(C)Nc3ccccc3NC(=O)Nc3ccc(C(=N)N)cc3)cc2)cc1. The summed E-state index contributed by atoms with van der Waals surface area (Å²) in [5, 5.41) is 26.8. The number of carboxylic acids is 1. The highest BCUT2D eigenvalue weighted by atomic mass is 16.5. The van der Waals surface area contributed by atoms with Gasteiger partial charge in [-0.3, -0.25) is 15.0 Å². The van der Waals surface area contributed by atoms with Crippen LogP contribution in [0.3, 0.4) is 0 Å². The van der Waals surface area contributed by atoms with Crippen LogP contribution in [0.2, 0.25) is 0 Å². The Hall–Kier alpha value is -6.17. The third kappa shape index (κ3) is 10.5. The number of hydrogen-bond acceptors (Lipinski definition) is 7. The largest absolute Gasteiger partial charge is 0.481 e. The van der Waals surface area contributed by atoms with E-state index in [1.54, 1.807) is 66.7 Å². The number of methoxy groups -OCH3 is 1. The van der Waals surface area contributed by atoms with Crippen LogP contribution in [-0.2, 0) is 16.1 Å². The molecule has 3 amide bonds. The number of nitrogen functional groups attached to an aromatic ring is 1. The Labute approximate surface area is 266 Å². The highest BCUT2D eigenvalue weighted by molar-refractivity contribution is 6.02. The summed E-state index contributed by atoms with van der Waals surface area (Å²) in [4.78, 5) is 45.9. The number of nitrogens with two attached hydrogens (primary N) is 1. The van der Waals surface area contributed by atoms with E-state index in [-0.39, 0.29) is 17.8 Å². The second-order valence-electron chi connectivity index (χ2n) is 9.99. The zero-order valence-corrected chi connectivity index (χ0v) is 25.6. The van der Waals surface area contributed by atoms with Gasteiger partial charge in [-0.15, -0.1) is 0 Å². The fraction of sp³-hybridized carbons (Fsp3) is 0.147. The summed E-state index contributed by atoms with van der Waals surface area (Å²) in [5.74, 6) is -1.50. The van der Waals surface area contributed by atoms with Gasteiger partial charge in [-0.2, -0.15) is 0 Å². The zero-order chi connectivity index (χ0) is 33.6. The summed E-state index contributed by atoms with van der Waals surface area (Å²) in [7, 11) is 1.33. The van der Waals surface area contributed by atoms with E-state index in [1.807, 2.05) is 37.3 Å². The van der Waals surface area contributed by atoms with Gasteiger partial charge in [-0.1, -0.05) is 36.4 Å². The van der Waals surface area contributed by atoms with Crippen LogP contribution in [0.5, 0.6) is 0 Å². The molecule has 12 nitrogen and oxygen atoms in total. The molecular formula is C34H36N6O6. The van der Waals surface area contributed by atoms with Crippen molar-refractivity contribution in [2.45, 2.75) is 26.4 Å². The van der Waals surface area contributed by atoms with Gasteiger partial charge in [-0.25, -0.2) is 9.59 Å². The number of benzene rings is 4. The number of para-hydroxylation sites is 2. The van der Waals surface area contributed by atoms with E-state index in [0.29, 0.717) is 34.6 Å². The fourth-order valence-electron chi connectivity index (χ4n) is 4.14. The molecule has 0 radical (unpaired) electrons. The van der Waals surface area contributed by atoms with Crippen molar-refractivity contribution in [3.63, 3.8) is 0 Å². The molecule has 4 aromatic carbocycles. The Morgan fingerprint density at radius 1 is 0.804 bits per heavy atom. The van der Waals surface area contributed by atoms with Gasteiger partial charge in [0.2, 0.25) is 0 Å². The lowest BCUT2D eigenvalue weighted by Gasteiger charge is -2.19. The maximum absolute atomic E-state index is 12.7. The number of rotatable bonds is 10. The summed E-state index contributed by atoms with van der Waals surface area (Å²) in [6, 6.07) is 27.6. The van der Waals surface area contributed by atoms with Crippen molar-refractivity contribution in [3.8, 4) is 0 Å². The average Bonchev–Trinajstić information content (AvgIpc) is 3.04. The van der Waals surface area contributed by atoms with Gasteiger partial charge < -0.3 is 36.8 Å². The highest BCUT2D eigenvalue weighted by Crippen LogP contribution is 2.27. The highest BCUT2D eigenvalue weighted by Gasteiger charge is 2.13. The Morgan fingerprint density at radius 3 is 1.91 bits per heavy atom. The standard InChI is InChI=1S/C32H32N6O4.C2H4O2/c1-20(22-11-13-24(14-12-22)30(39)35-19-21-7-9-25(10-8-21)31(40)42-2)36-27-5-3-4-6-28(27)38-32(41)37-26-17-15-23(16-18-26)29(33)34;1-2(3)4/h3-18,20,36H,19H2,1-2H3,(H3,33,34)(H,35,39)(H2,37,38,41);1H3,(H,3,4). The van der Waals surface area contributed by atoms with Crippen molar-refractivity contribution in [1.82, 2.24) is 5.32 Å². The number of aliphatic carboxylic acids is 1. The van der Waals surface area contributed by atoms with Crippen molar-refractivity contribution in [2.24, 2.45) is 5.73 Å². The van der Waals surface area contributed by atoms with E-state index >= 15 is 0 Å². The van der Waals surface area contributed by atoms with Crippen molar-refractivity contribution < 1.29 is 29.0 Å². The molecule has 0 bridgehead atoms. The Balaban J connectivity index is 0.00000136. The third-order valence-corrected chi connectivity index (χ3v) is 6.50. The second-order valence-corrected chi connectivity index (χ2v) is 9.99. The number of hydrogen-bond donors (Lipinski definition) is 7. The van der Waals surface area contributed by atoms with Crippen LogP contribution in [-0.4, -0.2) is 41.9 Å². The number of urea groups is 1. The van der Waals surface area contributed by atoms with Gasteiger partial charge in [0, 0.05) is 36.3 Å². The average molecular weight is 625 g/mol. The summed E-state index contributed by atoms with van der Waals surface area (Å²) < 4.78 is 4.70. The molecule has 4 aromatic rings. The summed E-state index contributed by atoms with van der Waals surface area (Å²) in [5.41, 5.74) is 10.7. The van der Waals surface area contributed by atoms with Crippen LogP contribution in [0.25, 0.3) is 0 Å². The van der Waals surface area contributed by atoms with Gasteiger partial charge in [0.1, 0.15) is 5.84 Å². The van der Waals surface area contributed by atoms with Crippen LogP contribution in [0.15, 0.2) is 97.1 Å². The molecule has 8 N–H and O–H groups in total. The normalized spacial score (nSPS) is 10.7. The number of carbonyl (C=O) groups is 4. The number of carboxylic acid groups (broad SMARTS) is 1. The summed E-state index contributed by atoms with van der Waals surface area (Å²) in [6.45, 7) is 3.39. The minimum Gasteiger partial charge on any atom is -0.481 e. The van der Waals surface area contributed by atoms with Gasteiger partial charge >= 0.3 is 12.0 Å². The van der Waals surface area contributed by atoms with Gasteiger partial charge in [0.15, 0.2) is 0 Å². The van der Waals surface area contributed by atoms with E-state index in [1.165, 1.54) is 7.11 Å². The van der Waals surface area contributed by atoms with Crippen molar-refractivity contribution >= 4 is 46.8 Å². The van der Waals surface area contributed by atoms with E-state index in [2.05, 4.69) is 21.3 Å². The third-order valence-electron chi connectivity index (χ3n) is 6.50. The molecule has 0 saturated heterocycles. The molecule has 1 unspecified atom stereocenters. The van der Waals surface area contributed by atoms with Gasteiger partial charge in [0.05, 0.1) is 24.0 Å². The maximum atomic E-state index is 12.7. The van der Waals surface area contributed by atoms with Gasteiger partial charge in [0.25, 0.3) is 11.9 Å². The van der Waals surface area contributed by atoms with Crippen molar-refractivity contribution in [1.29, 1.82) is 5.41 Å². The van der Waals surface area contributed by atoms with E-state index in [9.17, 15) is 14.4 Å². The number of nitrogens with one attached hydrogen (secondary N) is 5. The van der Waals surface area contributed by atoms with Crippen LogP contribution in [0.1, 0.15) is 57.3 Å². The van der Waals surface area contributed by atoms with Crippen LogP contribution >= 0.6 is 0 Å². The molecule has 0 aliphatic rings. The Kier molecular flexibility index (Phi) is 12.4. The van der Waals surface area contributed by atoms with Gasteiger partial charge in [-0.05, 0) is 78.7 Å². The zero-order valence-electron chi connectivity index (χ0n) is 25.6. The van der Waals surface area contributed by atoms with Crippen LogP contribution in [0.4, 0.5) is 21.9 Å². The first-order valence-electron chi connectivity index (χ1n) is 14.1. The minimum absolute atomic E-state index is 0.0427. The summed E-state index contributed by atoms with van der Waals surface area (Å²) in [6.07, 6.45) is 0. The Morgan fingerprint density at radius 2 is 1.35 bits per heavy atom. The predicted octanol–water partition coefficient (Wildman–Crippen LogP) is 5.60. The minimum atomic E-state index is -0.833. The molecule has 0 fully saturated rings. The molecular weight excluding hydrogens is 588 g/mol. The number of ether oxygens (including phenoxy) is 1. The second kappa shape index (κ2) is 16.6. The Bertz CT molecular complexity index is 1670. The lowest BCUT2D eigenvalue weighted by molar-refractivity contribution is -0.134. The first kappa shape index (κ1) is 34.3. The van der Waals surface area contributed by atoms with Crippen LogP contribution < -0.4 is 27.0 Å². The van der Waals surface area contributed by atoms with E-state index < -0.39 is 18.0 Å². The quantitative estimate of drug-likeness (QED) is 0.0673. The molecule has 0 spiro atoms. The van der Waals surface area contributed by atoms with E-state index in [4.69, 9.17) is 25.8 Å². The number of carbonyl (C=O) groups excluding carboxylic acids is 3. The molecule has 4 rings (SSSR count). The van der Waals surface area contributed by atoms with Crippen molar-refractivity contribution in [2.75, 3.05) is 23.1 Å². The molecule has 46 heavy (non-hydrogen) atoms. The van der Waals surface area contributed by atoms with Crippen LogP contribution in [0, 0.1) is 5.41 Å². The number of esters is 1. The first-order valence-corrected chi connectivity index (χ1v) is 14.1. The molecule has 0 aromatic heterocycles. The molecule has 0 heterocycles. The molecule has 0 aliphatic heterocycles. The number of amidine groups is 1.